The predicted molar refractivity (Wildman–Crippen MR) is 68.4 cm³/mol. The van der Waals surface area contributed by atoms with Crippen LogP contribution in [-0.4, -0.2) is 15.5 Å². The van der Waals surface area contributed by atoms with Gasteiger partial charge in [-0.3, -0.25) is 0 Å². The average Bonchev–Trinajstić information content (AvgIpc) is 2.53. The molecule has 4 heteroatoms. The Morgan fingerprint density at radius 1 is 1.50 bits per heavy atom. The molecule has 2 aromatic rings. The number of H-pyrrole nitrogens is 1. The zero-order valence-corrected chi connectivity index (χ0v) is 10.8. The number of nitrogens with one attached hydrogen (secondary N) is 1. The van der Waals surface area contributed by atoms with Gasteiger partial charge in [-0.2, -0.15) is 0 Å². The fourth-order valence-electron chi connectivity index (χ4n) is 2.47. The second-order valence-corrected chi connectivity index (χ2v) is 5.76. The number of aromatic amines is 1. The Labute approximate surface area is 103 Å². The zero-order valence-electron chi connectivity index (χ0n) is 9.18. The van der Waals surface area contributed by atoms with Crippen LogP contribution in [0, 0.1) is 0 Å². The van der Waals surface area contributed by atoms with Crippen LogP contribution in [0.3, 0.4) is 0 Å². The first-order valence-corrected chi connectivity index (χ1v) is 6.29. The molecule has 0 aliphatic heterocycles. The van der Waals surface area contributed by atoms with Crippen LogP contribution in [-0.2, 0) is 12.8 Å². The van der Waals surface area contributed by atoms with Gasteiger partial charge in [-0.05, 0) is 59.8 Å². The highest BCUT2D eigenvalue weighted by Crippen LogP contribution is 2.32. The van der Waals surface area contributed by atoms with E-state index in [-0.39, 0.29) is 5.54 Å². The van der Waals surface area contributed by atoms with Crippen LogP contribution in [0.4, 0.5) is 0 Å². The van der Waals surface area contributed by atoms with E-state index < -0.39 is 0 Å². The molecule has 3 rings (SSSR count). The van der Waals surface area contributed by atoms with E-state index in [1.165, 1.54) is 16.6 Å². The Morgan fingerprint density at radius 2 is 2.31 bits per heavy atom. The molecule has 1 atom stereocenters. The van der Waals surface area contributed by atoms with Crippen LogP contribution in [0.25, 0.3) is 11.0 Å². The number of hydrogen-bond donors (Lipinski definition) is 2. The Kier molecular flexibility index (Phi) is 2.13. The first-order chi connectivity index (χ1) is 7.55. The van der Waals surface area contributed by atoms with Crippen molar-refractivity contribution in [2.45, 2.75) is 31.7 Å². The smallest absolute Gasteiger partial charge is 0.139 e. The van der Waals surface area contributed by atoms with Crippen LogP contribution < -0.4 is 5.73 Å². The lowest BCUT2D eigenvalue weighted by Crippen LogP contribution is -2.41. The van der Waals surface area contributed by atoms with Crippen LogP contribution in [0.1, 0.15) is 24.6 Å². The van der Waals surface area contributed by atoms with Crippen molar-refractivity contribution in [1.29, 1.82) is 0 Å². The maximum Gasteiger partial charge on any atom is 0.139 e. The van der Waals surface area contributed by atoms with Crippen molar-refractivity contribution in [2.75, 3.05) is 0 Å². The summed E-state index contributed by atoms with van der Waals surface area (Å²) in [6.45, 7) is 2.13. The van der Waals surface area contributed by atoms with Crippen LogP contribution in [0.15, 0.2) is 16.7 Å². The highest BCUT2D eigenvalue weighted by molar-refractivity contribution is 9.10. The third kappa shape index (κ3) is 1.57. The van der Waals surface area contributed by atoms with Crippen molar-refractivity contribution in [3.63, 3.8) is 0 Å². The molecule has 0 fully saturated rings. The topological polar surface area (TPSA) is 54.7 Å². The van der Waals surface area contributed by atoms with Crippen molar-refractivity contribution >= 4 is 27.0 Å². The van der Waals surface area contributed by atoms with E-state index >= 15 is 0 Å². The second kappa shape index (κ2) is 3.31. The van der Waals surface area contributed by atoms with Crippen LogP contribution >= 0.6 is 15.9 Å². The normalized spacial score (nSPS) is 24.7. The number of hydrogen-bond acceptors (Lipinski definition) is 2. The summed E-state index contributed by atoms with van der Waals surface area (Å²) in [5, 5.41) is 1.22. The Bertz CT molecular complexity index is 557. The third-order valence-electron chi connectivity index (χ3n) is 3.35. The molecule has 1 unspecified atom stereocenters. The van der Waals surface area contributed by atoms with E-state index in [9.17, 15) is 0 Å². The molecule has 2 heterocycles. The van der Waals surface area contributed by atoms with Crippen molar-refractivity contribution in [2.24, 2.45) is 5.73 Å². The Morgan fingerprint density at radius 3 is 3.12 bits per heavy atom. The van der Waals surface area contributed by atoms with E-state index in [1.807, 2.05) is 6.07 Å². The van der Waals surface area contributed by atoms with Crippen molar-refractivity contribution < 1.29 is 0 Å². The fourth-order valence-corrected chi connectivity index (χ4v) is 2.78. The van der Waals surface area contributed by atoms with Gasteiger partial charge in [0.1, 0.15) is 10.3 Å². The maximum atomic E-state index is 6.23. The predicted octanol–water partition coefficient (Wildman–Crippen LogP) is 2.53. The summed E-state index contributed by atoms with van der Waals surface area (Å²) >= 11 is 3.39. The molecule has 0 saturated heterocycles. The summed E-state index contributed by atoms with van der Waals surface area (Å²) in [5.41, 5.74) is 9.79. The first kappa shape index (κ1) is 10.3. The summed E-state index contributed by atoms with van der Waals surface area (Å²) in [4.78, 5) is 7.85. The number of fused-ring (bicyclic) bond motifs is 3. The van der Waals surface area contributed by atoms with Crippen LogP contribution in [0.5, 0.6) is 0 Å². The van der Waals surface area contributed by atoms with Gasteiger partial charge in [0.15, 0.2) is 0 Å². The quantitative estimate of drug-likeness (QED) is 0.729. The molecule has 16 heavy (non-hydrogen) atoms. The van der Waals surface area contributed by atoms with E-state index in [1.54, 1.807) is 0 Å². The molecule has 0 saturated carbocycles. The number of halogens is 1. The summed E-state index contributed by atoms with van der Waals surface area (Å²) in [5.74, 6) is 0. The molecule has 0 aromatic carbocycles. The maximum absolute atomic E-state index is 6.23. The molecule has 3 nitrogen and oxygen atoms in total. The number of nitrogens with zero attached hydrogens (tertiary/aromatic N) is 1. The number of pyridine rings is 1. The van der Waals surface area contributed by atoms with Crippen LogP contribution in [0.2, 0.25) is 0 Å². The van der Waals surface area contributed by atoms with E-state index in [4.69, 9.17) is 5.73 Å². The summed E-state index contributed by atoms with van der Waals surface area (Å²) in [6, 6.07) is 4.10. The van der Waals surface area contributed by atoms with Crippen molar-refractivity contribution in [3.8, 4) is 0 Å². The summed E-state index contributed by atoms with van der Waals surface area (Å²) in [6.07, 6.45) is 3.00. The lowest BCUT2D eigenvalue weighted by molar-refractivity contribution is 0.408. The minimum atomic E-state index is -0.0742. The molecule has 1 aliphatic carbocycles. The number of nitrogens with two attached hydrogens (primary N) is 1. The molecular formula is C12H14BrN3. The zero-order chi connectivity index (χ0) is 11.3. The lowest BCUT2D eigenvalue weighted by Gasteiger charge is -2.29. The monoisotopic (exact) mass is 279 g/mol. The van der Waals surface area contributed by atoms with Crippen molar-refractivity contribution in [3.05, 3.63) is 28.0 Å². The van der Waals surface area contributed by atoms with E-state index in [2.05, 4.69) is 38.9 Å². The molecule has 84 valence electrons. The van der Waals surface area contributed by atoms with E-state index in [0.717, 1.165) is 29.5 Å². The molecule has 0 spiro atoms. The van der Waals surface area contributed by atoms with Gasteiger partial charge in [-0.1, -0.05) is 0 Å². The lowest BCUT2D eigenvalue weighted by atomic mass is 9.82. The molecule has 3 N–H and O–H groups in total. The standard InChI is InChI=1S/C12H14BrN3/c1-12(14)5-4-9-8(6-12)7-2-3-10(13)16-11(7)15-9/h2-3H,4-6,14H2,1H3,(H,15,16). The Balaban J connectivity index is 2.22. The number of rotatable bonds is 0. The molecule has 0 amide bonds. The van der Waals surface area contributed by atoms with Gasteiger partial charge >= 0.3 is 0 Å². The molecular weight excluding hydrogens is 266 g/mol. The second-order valence-electron chi connectivity index (χ2n) is 4.94. The molecule has 0 radical (unpaired) electrons. The number of aromatic nitrogens is 2. The largest absolute Gasteiger partial charge is 0.343 e. The minimum absolute atomic E-state index is 0.0742. The Hall–Kier alpha value is -0.870. The average molecular weight is 280 g/mol. The first-order valence-electron chi connectivity index (χ1n) is 5.50. The minimum Gasteiger partial charge on any atom is -0.343 e. The van der Waals surface area contributed by atoms with Gasteiger partial charge in [0, 0.05) is 16.6 Å². The van der Waals surface area contributed by atoms with E-state index in [0.29, 0.717) is 0 Å². The van der Waals surface area contributed by atoms with Gasteiger partial charge in [-0.25, -0.2) is 4.98 Å². The highest BCUT2D eigenvalue weighted by Gasteiger charge is 2.28. The van der Waals surface area contributed by atoms with Gasteiger partial charge < -0.3 is 10.7 Å². The summed E-state index contributed by atoms with van der Waals surface area (Å²) < 4.78 is 0.870. The SMILES string of the molecule is CC1(N)CCc2[nH]c3nc(Br)ccc3c2C1. The third-order valence-corrected chi connectivity index (χ3v) is 3.79. The van der Waals surface area contributed by atoms with Crippen molar-refractivity contribution in [1.82, 2.24) is 9.97 Å². The molecule has 1 aliphatic rings. The molecule has 0 bridgehead atoms. The van der Waals surface area contributed by atoms with Gasteiger partial charge in [0.05, 0.1) is 0 Å². The van der Waals surface area contributed by atoms with Gasteiger partial charge in [0.25, 0.3) is 0 Å². The van der Waals surface area contributed by atoms with Gasteiger partial charge in [-0.15, -0.1) is 0 Å². The highest BCUT2D eigenvalue weighted by atomic mass is 79.9. The van der Waals surface area contributed by atoms with Gasteiger partial charge in [0.2, 0.25) is 0 Å². The molecule has 2 aromatic heterocycles. The number of aryl methyl sites for hydroxylation is 1. The summed E-state index contributed by atoms with van der Waals surface area (Å²) in [7, 11) is 0. The fraction of sp³-hybridized carbons (Fsp3) is 0.417.